The van der Waals surface area contributed by atoms with Gasteiger partial charge < -0.3 is 17.2 Å². The molecule has 0 heterocycles. The summed E-state index contributed by atoms with van der Waals surface area (Å²) in [4.78, 5) is 0. The van der Waals surface area contributed by atoms with E-state index in [-0.39, 0.29) is 32.1 Å². The zero-order chi connectivity index (χ0) is 9.46. The van der Waals surface area contributed by atoms with Gasteiger partial charge in [0, 0.05) is 0 Å². The number of benzene rings is 1. The van der Waals surface area contributed by atoms with E-state index in [4.69, 9.17) is 52.0 Å². The highest BCUT2D eigenvalue weighted by molar-refractivity contribution is 6.51. The molecule has 0 saturated carbocycles. The maximum absolute atomic E-state index is 5.68. The molecule has 0 aliphatic rings. The van der Waals surface area contributed by atoms with Crippen molar-refractivity contribution in [2.24, 2.45) is 0 Å². The molecular weight excluding hydrogens is 220 g/mol. The molecule has 0 fully saturated rings. The molecule has 0 amide bonds. The minimum absolute atomic E-state index is 0.127. The van der Waals surface area contributed by atoms with Crippen molar-refractivity contribution in [1.82, 2.24) is 0 Å². The van der Waals surface area contributed by atoms with E-state index in [1.807, 2.05) is 0 Å². The molecule has 0 atom stereocenters. The lowest BCUT2D eigenvalue weighted by molar-refractivity contribution is 1.64. The third-order valence-corrected chi connectivity index (χ3v) is 2.80. The van der Waals surface area contributed by atoms with E-state index in [0.717, 1.165) is 0 Å². The van der Waals surface area contributed by atoms with Crippen LogP contribution in [0.15, 0.2) is 0 Å². The summed E-state index contributed by atoms with van der Waals surface area (Å²) in [6, 6.07) is 0. The fourth-order valence-electron chi connectivity index (χ4n) is 0.714. The van der Waals surface area contributed by atoms with Crippen LogP contribution in [0.25, 0.3) is 0 Å². The first-order valence-electron chi connectivity index (χ1n) is 2.93. The van der Waals surface area contributed by atoms with Crippen LogP contribution >= 0.6 is 34.8 Å². The van der Waals surface area contributed by atoms with Gasteiger partial charge in [0.1, 0.15) is 0 Å². The van der Waals surface area contributed by atoms with Crippen LogP contribution < -0.4 is 17.2 Å². The van der Waals surface area contributed by atoms with Crippen molar-refractivity contribution in [3.8, 4) is 0 Å². The fourth-order valence-corrected chi connectivity index (χ4v) is 1.36. The second-order valence-corrected chi connectivity index (χ2v) is 3.32. The van der Waals surface area contributed by atoms with Crippen molar-refractivity contribution in [2.75, 3.05) is 17.2 Å². The van der Waals surface area contributed by atoms with Gasteiger partial charge in [-0.05, 0) is 0 Å². The summed E-state index contributed by atoms with van der Waals surface area (Å²) in [5, 5.41) is 0.393. The van der Waals surface area contributed by atoms with Gasteiger partial charge in [0.05, 0.1) is 32.1 Å². The molecule has 0 unspecified atom stereocenters. The number of nitrogens with two attached hydrogens (primary N) is 3. The minimum Gasteiger partial charge on any atom is -0.396 e. The van der Waals surface area contributed by atoms with Crippen molar-refractivity contribution in [2.45, 2.75) is 0 Å². The molecule has 1 aromatic carbocycles. The van der Waals surface area contributed by atoms with E-state index in [0.29, 0.717) is 0 Å². The van der Waals surface area contributed by atoms with Gasteiger partial charge in [0.2, 0.25) is 0 Å². The Balaban J connectivity index is 3.60. The average Bonchev–Trinajstić information content (AvgIpc) is 2.08. The second-order valence-electron chi connectivity index (χ2n) is 2.18. The molecule has 0 radical (unpaired) electrons. The van der Waals surface area contributed by atoms with E-state index in [9.17, 15) is 0 Å². The van der Waals surface area contributed by atoms with E-state index in [1.54, 1.807) is 0 Å². The summed E-state index contributed by atoms with van der Waals surface area (Å²) in [6.45, 7) is 0. The first-order chi connectivity index (χ1) is 5.46. The van der Waals surface area contributed by atoms with Crippen LogP contribution in [0.4, 0.5) is 17.1 Å². The molecule has 12 heavy (non-hydrogen) atoms. The number of halogens is 3. The van der Waals surface area contributed by atoms with Crippen molar-refractivity contribution < 1.29 is 0 Å². The van der Waals surface area contributed by atoms with Gasteiger partial charge in [-0.2, -0.15) is 0 Å². The molecule has 0 bridgehead atoms. The molecule has 3 nitrogen and oxygen atoms in total. The smallest absolute Gasteiger partial charge is 0.0859 e. The Bertz CT molecular complexity index is 232. The van der Waals surface area contributed by atoms with Gasteiger partial charge in [-0.1, -0.05) is 34.8 Å². The Morgan fingerprint density at radius 1 is 0.583 bits per heavy atom. The largest absolute Gasteiger partial charge is 0.396 e. The van der Waals surface area contributed by atoms with Gasteiger partial charge in [0.15, 0.2) is 0 Å². The molecule has 1 rings (SSSR count). The predicted octanol–water partition coefficient (Wildman–Crippen LogP) is 2.39. The summed E-state index contributed by atoms with van der Waals surface area (Å²) in [7, 11) is 0. The Labute approximate surface area is 84.4 Å². The van der Waals surface area contributed by atoms with Crippen LogP contribution in [0.5, 0.6) is 0 Å². The highest BCUT2D eigenvalue weighted by Gasteiger charge is 2.15. The van der Waals surface area contributed by atoms with Crippen LogP contribution in [0.3, 0.4) is 0 Å². The third kappa shape index (κ3) is 1.24. The second kappa shape index (κ2) is 3.09. The van der Waals surface area contributed by atoms with Crippen LogP contribution in [-0.4, -0.2) is 0 Å². The lowest BCUT2D eigenvalue weighted by Crippen LogP contribution is -2.02. The van der Waals surface area contributed by atoms with E-state index in [2.05, 4.69) is 0 Å². The molecule has 1 aromatic rings. The van der Waals surface area contributed by atoms with Crippen molar-refractivity contribution in [3.63, 3.8) is 0 Å². The Morgan fingerprint density at radius 2 is 0.917 bits per heavy atom. The fraction of sp³-hybridized carbons (Fsp3) is 0. The number of nitrogen functional groups attached to an aromatic ring is 3. The molecule has 0 aromatic heterocycles. The standard InChI is InChI=1S/C6H6Cl3N3/c7-1-2(8)4(10)6(12)5(11)3(1)9/h10-12H2. The van der Waals surface area contributed by atoms with Crippen LogP contribution in [-0.2, 0) is 0 Å². The lowest BCUT2D eigenvalue weighted by Gasteiger charge is -2.09. The maximum atomic E-state index is 5.68. The summed E-state index contributed by atoms with van der Waals surface area (Å²) >= 11 is 17.0. The molecule has 6 heteroatoms. The molecule has 66 valence electrons. The van der Waals surface area contributed by atoms with Gasteiger partial charge in [-0.15, -0.1) is 0 Å². The van der Waals surface area contributed by atoms with Gasteiger partial charge >= 0.3 is 0 Å². The highest BCUT2D eigenvalue weighted by atomic mass is 35.5. The Kier molecular flexibility index (Phi) is 2.46. The molecule has 0 aliphatic heterocycles. The van der Waals surface area contributed by atoms with Crippen molar-refractivity contribution in [1.29, 1.82) is 0 Å². The Morgan fingerprint density at radius 3 is 1.25 bits per heavy atom. The molecule has 0 spiro atoms. The van der Waals surface area contributed by atoms with Crippen molar-refractivity contribution in [3.05, 3.63) is 15.1 Å². The third-order valence-electron chi connectivity index (χ3n) is 1.44. The zero-order valence-electron chi connectivity index (χ0n) is 5.87. The quantitative estimate of drug-likeness (QED) is 0.469. The summed E-state index contributed by atoms with van der Waals surface area (Å²) in [5.74, 6) is 0. The average molecular weight is 226 g/mol. The molecule has 0 aliphatic carbocycles. The monoisotopic (exact) mass is 225 g/mol. The minimum atomic E-state index is 0.127. The highest BCUT2D eigenvalue weighted by Crippen LogP contribution is 2.43. The Hall–Kier alpha value is -0.510. The first kappa shape index (κ1) is 9.58. The molecular formula is C6H6Cl3N3. The van der Waals surface area contributed by atoms with E-state index >= 15 is 0 Å². The maximum Gasteiger partial charge on any atom is 0.0859 e. The van der Waals surface area contributed by atoms with E-state index in [1.165, 1.54) is 0 Å². The van der Waals surface area contributed by atoms with Gasteiger partial charge in [-0.25, -0.2) is 0 Å². The predicted molar refractivity (Wildman–Crippen MR) is 54.7 cm³/mol. The summed E-state index contributed by atoms with van der Waals surface area (Å²) in [5.41, 5.74) is 16.9. The first-order valence-corrected chi connectivity index (χ1v) is 4.07. The zero-order valence-corrected chi connectivity index (χ0v) is 8.13. The van der Waals surface area contributed by atoms with E-state index < -0.39 is 0 Å². The summed E-state index contributed by atoms with van der Waals surface area (Å²) in [6.07, 6.45) is 0. The van der Waals surface area contributed by atoms with Crippen LogP contribution in [0.2, 0.25) is 15.1 Å². The van der Waals surface area contributed by atoms with Crippen LogP contribution in [0.1, 0.15) is 0 Å². The van der Waals surface area contributed by atoms with Gasteiger partial charge in [-0.3, -0.25) is 0 Å². The normalized spacial score (nSPS) is 10.2. The number of hydrogen-bond acceptors (Lipinski definition) is 3. The molecule has 0 saturated heterocycles. The summed E-state index contributed by atoms with van der Waals surface area (Å²) < 4.78 is 0. The molecule has 6 N–H and O–H groups in total. The SMILES string of the molecule is Nc1c(N)c(Cl)c(Cl)c(Cl)c1N. The number of rotatable bonds is 0. The topological polar surface area (TPSA) is 78.1 Å². The van der Waals surface area contributed by atoms with Crippen LogP contribution in [0, 0.1) is 0 Å². The number of hydrogen-bond donors (Lipinski definition) is 3. The number of anilines is 3. The lowest BCUT2D eigenvalue weighted by atomic mass is 10.2. The van der Waals surface area contributed by atoms with Crippen molar-refractivity contribution >= 4 is 51.9 Å². The van der Waals surface area contributed by atoms with Gasteiger partial charge in [0.25, 0.3) is 0 Å².